The minimum Gasteiger partial charge on any atom is -0.383 e. The maximum atomic E-state index is 13.0. The molecule has 34 heavy (non-hydrogen) atoms. The number of carbonyl (C=O) groups excluding carboxylic acids is 1. The Bertz CT molecular complexity index is 1200. The van der Waals surface area contributed by atoms with Crippen molar-refractivity contribution in [2.75, 3.05) is 18.4 Å². The molecule has 1 aliphatic heterocycles. The van der Waals surface area contributed by atoms with Gasteiger partial charge in [0.2, 0.25) is 5.95 Å². The molecule has 1 fully saturated rings. The molecule has 4 N–H and O–H groups in total. The fraction of sp³-hybridized carbons (Fsp3) is 0.364. The van der Waals surface area contributed by atoms with Gasteiger partial charge >= 0.3 is 12.2 Å². The minimum absolute atomic E-state index is 0.164. The number of primary amides is 1. The quantitative estimate of drug-likeness (QED) is 0.496. The summed E-state index contributed by atoms with van der Waals surface area (Å²) in [6.45, 7) is 2.69. The maximum Gasteiger partial charge on any atom is 0.433 e. The number of alkyl halides is 3. The lowest BCUT2D eigenvalue weighted by molar-refractivity contribution is -0.141. The average molecular weight is 493 g/mol. The summed E-state index contributed by atoms with van der Waals surface area (Å²) in [6.07, 6.45) is -0.467. The number of nitrogens with two attached hydrogens (primary N) is 1. The number of aromatic nitrogens is 3. The molecule has 3 heterocycles. The molecule has 0 unspecified atom stereocenters. The summed E-state index contributed by atoms with van der Waals surface area (Å²) in [7, 11) is 0. The first-order chi connectivity index (χ1) is 16.0. The molecular formula is C22H23F3N6O2S. The molecular weight excluding hydrogens is 469 g/mol. The van der Waals surface area contributed by atoms with Crippen LogP contribution in [0.5, 0.6) is 0 Å². The number of thiazole rings is 1. The van der Waals surface area contributed by atoms with E-state index < -0.39 is 23.5 Å². The highest BCUT2D eigenvalue weighted by Gasteiger charge is 2.36. The summed E-state index contributed by atoms with van der Waals surface area (Å²) in [6, 6.07) is 5.76. The molecule has 1 aliphatic rings. The first-order valence-electron chi connectivity index (χ1n) is 10.6. The third-order valence-corrected chi connectivity index (χ3v) is 6.83. The molecule has 4 rings (SSSR count). The Hall–Kier alpha value is -3.25. The highest BCUT2D eigenvalue weighted by molar-refractivity contribution is 7.15. The zero-order valence-corrected chi connectivity index (χ0v) is 19.1. The molecule has 0 spiro atoms. The average Bonchev–Trinajstić information content (AvgIpc) is 3.18. The Kier molecular flexibility index (Phi) is 6.45. The van der Waals surface area contributed by atoms with Gasteiger partial charge in [0.15, 0.2) is 0 Å². The van der Waals surface area contributed by atoms with Crippen LogP contribution in [0.4, 0.5) is 29.6 Å². The highest BCUT2D eigenvalue weighted by Crippen LogP contribution is 2.39. The molecule has 3 aromatic rings. The molecule has 0 radical (unpaired) electrons. The van der Waals surface area contributed by atoms with E-state index in [1.165, 1.54) is 16.2 Å². The van der Waals surface area contributed by atoms with Crippen LogP contribution in [0, 0.1) is 6.92 Å². The number of amides is 2. The normalized spacial score (nSPS) is 19.0. The van der Waals surface area contributed by atoms with Gasteiger partial charge in [-0.1, -0.05) is 6.07 Å². The molecule has 12 heteroatoms. The predicted molar refractivity (Wildman–Crippen MR) is 122 cm³/mol. The van der Waals surface area contributed by atoms with Gasteiger partial charge in [-0.2, -0.15) is 13.2 Å². The van der Waals surface area contributed by atoms with Crippen LogP contribution in [0.1, 0.15) is 35.5 Å². The number of hydrogen-bond acceptors (Lipinski definition) is 7. The number of rotatable bonds is 4. The number of nitrogens with one attached hydrogen (secondary N) is 1. The van der Waals surface area contributed by atoms with E-state index in [0.717, 1.165) is 28.3 Å². The van der Waals surface area contributed by atoms with Crippen molar-refractivity contribution in [1.82, 2.24) is 19.9 Å². The number of hydrogen-bond donors (Lipinski definition) is 3. The minimum atomic E-state index is -4.57. The van der Waals surface area contributed by atoms with Gasteiger partial charge in [0.05, 0.1) is 4.88 Å². The largest absolute Gasteiger partial charge is 0.433 e. The number of aryl methyl sites for hydroxylation is 1. The molecule has 180 valence electrons. The highest BCUT2D eigenvalue weighted by atomic mass is 32.1. The number of nitrogens with zero attached hydrogens (tertiary/aromatic N) is 4. The van der Waals surface area contributed by atoms with E-state index in [4.69, 9.17) is 5.73 Å². The molecule has 0 aliphatic carbocycles. The Morgan fingerprint density at radius 2 is 2.03 bits per heavy atom. The predicted octanol–water partition coefficient (Wildman–Crippen LogP) is 4.42. The second kappa shape index (κ2) is 9.18. The van der Waals surface area contributed by atoms with Gasteiger partial charge < -0.3 is 21.1 Å². The molecule has 2 aromatic heterocycles. The first-order valence-corrected chi connectivity index (χ1v) is 11.4. The van der Waals surface area contributed by atoms with E-state index in [2.05, 4.69) is 20.3 Å². The first kappa shape index (κ1) is 23.9. The van der Waals surface area contributed by atoms with Crippen LogP contribution < -0.4 is 11.1 Å². The van der Waals surface area contributed by atoms with Crippen LogP contribution in [0.25, 0.3) is 10.4 Å². The lowest BCUT2D eigenvalue weighted by atomic mass is 9.96. The summed E-state index contributed by atoms with van der Waals surface area (Å²) in [5, 5.41) is 14.6. The zero-order valence-electron chi connectivity index (χ0n) is 18.3. The summed E-state index contributed by atoms with van der Waals surface area (Å²) in [5.41, 5.74) is 5.36. The second-order valence-electron chi connectivity index (χ2n) is 8.22. The van der Waals surface area contributed by atoms with Crippen LogP contribution in [-0.2, 0) is 11.8 Å². The third-order valence-electron chi connectivity index (χ3n) is 5.59. The Morgan fingerprint density at radius 1 is 1.24 bits per heavy atom. The van der Waals surface area contributed by atoms with Crippen molar-refractivity contribution in [2.24, 2.45) is 5.73 Å². The topological polar surface area (TPSA) is 117 Å². The molecule has 0 bridgehead atoms. The van der Waals surface area contributed by atoms with E-state index >= 15 is 0 Å². The number of anilines is 2. The standard InChI is InChI=1S/C22H23F3N6O2S/c1-13-9-14(11-15(10-13)29-20-27-6-3-17(30-20)22(23,24)25)16-12-28-18(34-16)21(33)4-2-7-31(8-5-21)19(26)32/h3,6,9-12,33H,2,4-5,7-8H2,1H3,(H2,26,32)(H,27,29,30)/t21-/m0/s1. The second-order valence-corrected chi connectivity index (χ2v) is 9.25. The van der Waals surface area contributed by atoms with Crippen molar-refractivity contribution < 1.29 is 23.1 Å². The monoisotopic (exact) mass is 492 g/mol. The molecule has 1 aromatic carbocycles. The van der Waals surface area contributed by atoms with Gasteiger partial charge in [0.1, 0.15) is 16.3 Å². The summed E-state index contributed by atoms with van der Waals surface area (Å²) in [4.78, 5) is 25.7. The number of urea groups is 1. The van der Waals surface area contributed by atoms with Crippen LogP contribution in [0.15, 0.2) is 36.7 Å². The van der Waals surface area contributed by atoms with Crippen molar-refractivity contribution in [3.63, 3.8) is 0 Å². The number of benzene rings is 1. The number of carbonyl (C=O) groups is 1. The number of halogens is 3. The molecule has 1 atom stereocenters. The zero-order chi connectivity index (χ0) is 24.5. The Morgan fingerprint density at radius 3 is 2.76 bits per heavy atom. The van der Waals surface area contributed by atoms with E-state index in [9.17, 15) is 23.1 Å². The number of likely N-dealkylation sites (tertiary alicyclic amines) is 1. The SMILES string of the molecule is Cc1cc(Nc2nccc(C(F)(F)F)n2)cc(-c2cnc([C@]3(O)CCCN(C(N)=O)CC3)s2)c1. The Labute approximate surface area is 197 Å². The fourth-order valence-electron chi connectivity index (χ4n) is 3.88. The summed E-state index contributed by atoms with van der Waals surface area (Å²) in [5.74, 6) is -0.164. The van der Waals surface area contributed by atoms with Crippen LogP contribution in [0.3, 0.4) is 0 Å². The van der Waals surface area contributed by atoms with Crippen LogP contribution in [0.2, 0.25) is 0 Å². The van der Waals surface area contributed by atoms with Gasteiger partial charge in [-0.15, -0.1) is 11.3 Å². The van der Waals surface area contributed by atoms with Crippen molar-refractivity contribution in [3.05, 3.63) is 52.9 Å². The van der Waals surface area contributed by atoms with E-state index in [1.54, 1.807) is 18.3 Å². The van der Waals surface area contributed by atoms with Gasteiger partial charge in [-0.25, -0.2) is 19.7 Å². The van der Waals surface area contributed by atoms with E-state index in [1.807, 2.05) is 13.0 Å². The van der Waals surface area contributed by atoms with Crippen molar-refractivity contribution in [1.29, 1.82) is 0 Å². The summed E-state index contributed by atoms with van der Waals surface area (Å²) >= 11 is 1.34. The maximum absolute atomic E-state index is 13.0. The summed E-state index contributed by atoms with van der Waals surface area (Å²) < 4.78 is 38.9. The van der Waals surface area contributed by atoms with Gasteiger partial charge in [0, 0.05) is 37.6 Å². The van der Waals surface area contributed by atoms with Gasteiger partial charge in [-0.05, 0) is 49.1 Å². The van der Waals surface area contributed by atoms with E-state index in [-0.39, 0.29) is 5.95 Å². The molecule has 1 saturated heterocycles. The smallest absolute Gasteiger partial charge is 0.383 e. The van der Waals surface area contributed by atoms with Crippen molar-refractivity contribution in [3.8, 4) is 10.4 Å². The molecule has 8 nitrogen and oxygen atoms in total. The molecule has 0 saturated carbocycles. The Balaban J connectivity index is 1.57. The number of aliphatic hydroxyl groups is 1. The van der Waals surface area contributed by atoms with Crippen LogP contribution in [-0.4, -0.2) is 44.1 Å². The fourth-order valence-corrected chi connectivity index (χ4v) is 4.93. The van der Waals surface area contributed by atoms with Crippen molar-refractivity contribution >= 4 is 29.0 Å². The van der Waals surface area contributed by atoms with Crippen molar-refractivity contribution in [2.45, 2.75) is 38.0 Å². The van der Waals surface area contributed by atoms with E-state index in [0.29, 0.717) is 43.0 Å². The van der Waals surface area contributed by atoms with Gasteiger partial charge in [-0.3, -0.25) is 0 Å². The molecule has 2 amide bonds. The third kappa shape index (κ3) is 5.28. The lowest BCUT2D eigenvalue weighted by Gasteiger charge is -2.24. The van der Waals surface area contributed by atoms with Gasteiger partial charge in [0.25, 0.3) is 0 Å². The lowest BCUT2D eigenvalue weighted by Crippen LogP contribution is -2.37. The van der Waals surface area contributed by atoms with Crippen LogP contribution >= 0.6 is 11.3 Å².